The van der Waals surface area contributed by atoms with Gasteiger partial charge in [-0.15, -0.1) is 0 Å². The van der Waals surface area contributed by atoms with Crippen molar-refractivity contribution in [1.82, 2.24) is 19.9 Å². The molecule has 2 aliphatic heterocycles. The van der Waals surface area contributed by atoms with Crippen LogP contribution >= 0.6 is 0 Å². The summed E-state index contributed by atoms with van der Waals surface area (Å²) in [6, 6.07) is 5.47. The molecular weight excluding hydrogens is 320 g/mol. The fourth-order valence-electron chi connectivity index (χ4n) is 3.84. The van der Waals surface area contributed by atoms with Crippen LogP contribution in [-0.4, -0.2) is 51.4 Å². The molecule has 130 valence electrons. The van der Waals surface area contributed by atoms with Gasteiger partial charge in [-0.1, -0.05) is 5.16 Å². The smallest absolute Gasteiger partial charge is 0.292 e. The molecule has 25 heavy (non-hydrogen) atoms. The normalized spacial score (nSPS) is 19.6. The van der Waals surface area contributed by atoms with E-state index in [0.717, 1.165) is 24.9 Å². The summed E-state index contributed by atoms with van der Waals surface area (Å²) in [5, 5.41) is 3.59. The predicted octanol–water partition coefficient (Wildman–Crippen LogP) is 1.72. The molecule has 0 radical (unpaired) electrons. The van der Waals surface area contributed by atoms with E-state index in [4.69, 9.17) is 4.52 Å². The van der Waals surface area contributed by atoms with Crippen molar-refractivity contribution < 1.29 is 14.1 Å². The number of rotatable bonds is 3. The molecule has 2 saturated heterocycles. The lowest BCUT2D eigenvalue weighted by atomic mass is 9.77. The fraction of sp³-hybridized carbons (Fsp3) is 0.444. The topological polar surface area (TPSA) is 79.5 Å². The zero-order valence-electron chi connectivity index (χ0n) is 13.9. The molecule has 4 rings (SSSR count). The maximum Gasteiger partial charge on any atom is 0.292 e. The SMILES string of the molecule is O=C1CC2(CCN(C(=O)c3ccno3)CC2)CN1Cc1ccncc1. The van der Waals surface area contributed by atoms with Crippen LogP contribution in [0.3, 0.4) is 0 Å². The van der Waals surface area contributed by atoms with Crippen molar-refractivity contribution in [2.75, 3.05) is 19.6 Å². The lowest BCUT2D eigenvalue weighted by Gasteiger charge is -2.38. The van der Waals surface area contributed by atoms with E-state index >= 15 is 0 Å². The minimum atomic E-state index is -0.120. The Morgan fingerprint density at radius 1 is 1.16 bits per heavy atom. The van der Waals surface area contributed by atoms with E-state index in [1.54, 1.807) is 23.4 Å². The van der Waals surface area contributed by atoms with Crippen molar-refractivity contribution in [3.8, 4) is 0 Å². The van der Waals surface area contributed by atoms with Crippen molar-refractivity contribution in [2.24, 2.45) is 5.41 Å². The van der Waals surface area contributed by atoms with Crippen LogP contribution in [0.5, 0.6) is 0 Å². The first kappa shape index (κ1) is 15.8. The second-order valence-corrected chi connectivity index (χ2v) is 6.95. The Hall–Kier alpha value is -2.70. The van der Waals surface area contributed by atoms with Crippen LogP contribution in [0, 0.1) is 5.41 Å². The van der Waals surface area contributed by atoms with Gasteiger partial charge in [-0.05, 0) is 30.5 Å². The maximum absolute atomic E-state index is 12.5. The van der Waals surface area contributed by atoms with E-state index in [1.165, 1.54) is 6.20 Å². The molecule has 0 atom stereocenters. The van der Waals surface area contributed by atoms with Gasteiger partial charge in [0.1, 0.15) is 0 Å². The van der Waals surface area contributed by atoms with Crippen LogP contribution < -0.4 is 0 Å². The summed E-state index contributed by atoms with van der Waals surface area (Å²) >= 11 is 0. The highest BCUT2D eigenvalue weighted by Gasteiger charge is 2.45. The lowest BCUT2D eigenvalue weighted by Crippen LogP contribution is -2.44. The summed E-state index contributed by atoms with van der Waals surface area (Å²) in [7, 11) is 0. The molecule has 2 fully saturated rings. The quantitative estimate of drug-likeness (QED) is 0.850. The average molecular weight is 340 g/mol. The number of carbonyl (C=O) groups excluding carboxylic acids is 2. The van der Waals surface area contributed by atoms with Crippen molar-refractivity contribution in [3.05, 3.63) is 48.1 Å². The number of hydrogen-bond acceptors (Lipinski definition) is 5. The van der Waals surface area contributed by atoms with Crippen molar-refractivity contribution in [3.63, 3.8) is 0 Å². The predicted molar refractivity (Wildman–Crippen MR) is 88.3 cm³/mol. The summed E-state index contributed by atoms with van der Waals surface area (Å²) in [6.45, 7) is 2.69. The number of pyridine rings is 1. The van der Waals surface area contributed by atoms with E-state index in [9.17, 15) is 9.59 Å². The maximum atomic E-state index is 12.5. The Morgan fingerprint density at radius 3 is 2.60 bits per heavy atom. The van der Waals surface area contributed by atoms with Gasteiger partial charge < -0.3 is 14.3 Å². The molecule has 7 heteroatoms. The Labute approximate surface area is 145 Å². The molecule has 1 spiro atoms. The minimum Gasteiger partial charge on any atom is -0.351 e. The standard InChI is InChI=1S/C18H20N4O3/c23-16-11-18(13-22(16)12-14-1-6-19-7-2-14)4-9-21(10-5-18)17(24)15-3-8-20-25-15/h1-3,6-8H,4-5,9-13H2. The second-order valence-electron chi connectivity index (χ2n) is 6.95. The van der Waals surface area contributed by atoms with Crippen LogP contribution in [0.1, 0.15) is 35.4 Å². The third-order valence-corrected chi connectivity index (χ3v) is 5.29. The molecule has 2 aliphatic rings. The summed E-state index contributed by atoms with van der Waals surface area (Å²) < 4.78 is 4.96. The van der Waals surface area contributed by atoms with E-state index in [1.807, 2.05) is 17.0 Å². The van der Waals surface area contributed by atoms with E-state index in [2.05, 4.69) is 10.1 Å². The molecule has 4 heterocycles. The van der Waals surface area contributed by atoms with Gasteiger partial charge in [0.2, 0.25) is 11.7 Å². The second kappa shape index (κ2) is 6.31. The molecule has 2 amide bonds. The van der Waals surface area contributed by atoms with Crippen molar-refractivity contribution in [2.45, 2.75) is 25.8 Å². The monoisotopic (exact) mass is 340 g/mol. The first-order valence-electron chi connectivity index (χ1n) is 8.52. The van der Waals surface area contributed by atoms with Crippen LogP contribution in [0.15, 0.2) is 41.3 Å². The molecular formula is C18H20N4O3. The van der Waals surface area contributed by atoms with Gasteiger partial charge in [0, 0.05) is 56.5 Å². The highest BCUT2D eigenvalue weighted by molar-refractivity contribution is 5.91. The van der Waals surface area contributed by atoms with Gasteiger partial charge in [0.05, 0.1) is 6.20 Å². The molecule has 0 aliphatic carbocycles. The molecule has 2 aromatic rings. The molecule has 0 unspecified atom stereocenters. The fourth-order valence-corrected chi connectivity index (χ4v) is 3.84. The van der Waals surface area contributed by atoms with Crippen LogP contribution in [0.4, 0.5) is 0 Å². The number of likely N-dealkylation sites (tertiary alicyclic amines) is 2. The van der Waals surface area contributed by atoms with E-state index < -0.39 is 0 Å². The van der Waals surface area contributed by atoms with Crippen molar-refractivity contribution >= 4 is 11.8 Å². The largest absolute Gasteiger partial charge is 0.351 e. The van der Waals surface area contributed by atoms with Gasteiger partial charge in [0.25, 0.3) is 5.91 Å². The molecule has 0 saturated carbocycles. The third kappa shape index (κ3) is 3.14. The van der Waals surface area contributed by atoms with Crippen molar-refractivity contribution in [1.29, 1.82) is 0 Å². The molecule has 2 aromatic heterocycles. The summed E-state index contributed by atoms with van der Waals surface area (Å²) in [4.78, 5) is 32.5. The molecule has 0 aromatic carbocycles. The molecule has 7 nitrogen and oxygen atoms in total. The number of piperidine rings is 1. The minimum absolute atomic E-state index is 0.0116. The van der Waals surface area contributed by atoms with Gasteiger partial charge >= 0.3 is 0 Å². The summed E-state index contributed by atoms with van der Waals surface area (Å²) in [5.74, 6) is 0.356. The Kier molecular flexibility index (Phi) is 3.99. The molecule has 0 N–H and O–H groups in total. The third-order valence-electron chi connectivity index (χ3n) is 5.29. The van der Waals surface area contributed by atoms with Crippen LogP contribution in [0.2, 0.25) is 0 Å². The number of hydrogen-bond donors (Lipinski definition) is 0. The number of aromatic nitrogens is 2. The molecule has 0 bridgehead atoms. The van der Waals surface area contributed by atoms with Gasteiger partial charge in [-0.2, -0.15) is 0 Å². The van der Waals surface area contributed by atoms with E-state index in [-0.39, 0.29) is 23.0 Å². The lowest BCUT2D eigenvalue weighted by molar-refractivity contribution is -0.128. The highest BCUT2D eigenvalue weighted by Crippen LogP contribution is 2.41. The number of amides is 2. The summed E-state index contributed by atoms with van der Waals surface area (Å²) in [5.41, 5.74) is 1.08. The highest BCUT2D eigenvalue weighted by atomic mass is 16.5. The Balaban J connectivity index is 1.38. The van der Waals surface area contributed by atoms with Gasteiger partial charge in [0.15, 0.2) is 0 Å². The number of carbonyl (C=O) groups is 2. The summed E-state index contributed by atoms with van der Waals surface area (Å²) in [6.07, 6.45) is 7.23. The zero-order valence-corrected chi connectivity index (χ0v) is 13.9. The Bertz CT molecular complexity index is 752. The van der Waals surface area contributed by atoms with Gasteiger partial charge in [-0.25, -0.2) is 0 Å². The number of nitrogens with zero attached hydrogens (tertiary/aromatic N) is 4. The van der Waals surface area contributed by atoms with Crippen LogP contribution in [-0.2, 0) is 11.3 Å². The first-order valence-corrected chi connectivity index (χ1v) is 8.52. The van der Waals surface area contributed by atoms with Gasteiger partial charge in [-0.3, -0.25) is 14.6 Å². The van der Waals surface area contributed by atoms with E-state index in [0.29, 0.717) is 26.1 Å². The first-order chi connectivity index (χ1) is 12.2. The Morgan fingerprint density at radius 2 is 1.92 bits per heavy atom. The average Bonchev–Trinajstić information content (AvgIpc) is 3.25. The zero-order chi connectivity index (χ0) is 17.3. The van der Waals surface area contributed by atoms with Crippen LogP contribution in [0.25, 0.3) is 0 Å².